The van der Waals surface area contributed by atoms with Crippen molar-refractivity contribution in [2.24, 2.45) is 0 Å². The summed E-state index contributed by atoms with van der Waals surface area (Å²) in [5, 5.41) is 9.65. The molecule has 0 bridgehead atoms. The molecule has 2 heterocycles. The predicted molar refractivity (Wildman–Crippen MR) is 99.6 cm³/mol. The highest BCUT2D eigenvalue weighted by Crippen LogP contribution is 2.50. The molecule has 0 amide bonds. The van der Waals surface area contributed by atoms with Crippen molar-refractivity contribution in [1.82, 2.24) is 4.90 Å². The average Bonchev–Trinajstić information content (AvgIpc) is 3.25. The van der Waals surface area contributed by atoms with Crippen LogP contribution < -0.4 is 9.47 Å². The molecule has 2 aliphatic rings. The van der Waals surface area contributed by atoms with Gasteiger partial charge < -0.3 is 24.1 Å². The Bertz CT molecular complexity index is 702. The summed E-state index contributed by atoms with van der Waals surface area (Å²) in [6, 6.07) is 15.8. The van der Waals surface area contributed by atoms with Crippen LogP contribution in [0.1, 0.15) is 30.0 Å². The van der Waals surface area contributed by atoms with Gasteiger partial charge in [-0.25, -0.2) is 4.90 Å². The molecule has 2 aromatic carbocycles. The molecule has 27 heavy (non-hydrogen) atoms. The summed E-state index contributed by atoms with van der Waals surface area (Å²) in [5.74, 6) is 1.62. The van der Waals surface area contributed by atoms with Crippen LogP contribution >= 0.6 is 0 Å². The van der Waals surface area contributed by atoms with Crippen molar-refractivity contribution in [1.29, 1.82) is 0 Å². The second kappa shape index (κ2) is 7.48. The maximum Gasteiger partial charge on any atom is 0.139 e. The molecule has 2 aliphatic heterocycles. The third-order valence-electron chi connectivity index (χ3n) is 5.45. The van der Waals surface area contributed by atoms with E-state index < -0.39 is 0 Å². The average molecular weight is 371 g/mol. The lowest BCUT2D eigenvalue weighted by atomic mass is 9.96. The van der Waals surface area contributed by atoms with E-state index in [0.29, 0.717) is 19.6 Å². The molecule has 0 radical (unpaired) electrons. The SMILES string of the molecule is COc1ccc([C@H]2OCC3(CCO)CO[C@@H](c4ccc(OC)cc4)N23)cc1. The second-order valence-corrected chi connectivity index (χ2v) is 6.98. The molecule has 0 aliphatic carbocycles. The van der Waals surface area contributed by atoms with Crippen LogP contribution in [0.15, 0.2) is 48.5 Å². The molecule has 6 heteroatoms. The molecule has 3 atom stereocenters. The van der Waals surface area contributed by atoms with Crippen molar-refractivity contribution in [3.8, 4) is 11.5 Å². The monoisotopic (exact) mass is 371 g/mol. The van der Waals surface area contributed by atoms with Gasteiger partial charge in [0.15, 0.2) is 0 Å². The van der Waals surface area contributed by atoms with E-state index >= 15 is 0 Å². The highest BCUT2D eigenvalue weighted by atomic mass is 16.6. The molecule has 2 aromatic rings. The number of fused-ring (bicyclic) bond motifs is 1. The van der Waals surface area contributed by atoms with Crippen LogP contribution in [0.25, 0.3) is 0 Å². The highest BCUT2D eigenvalue weighted by Gasteiger charge is 2.56. The Hall–Kier alpha value is -2.12. The fraction of sp³-hybridized carbons (Fsp3) is 0.429. The molecule has 6 nitrogen and oxygen atoms in total. The van der Waals surface area contributed by atoms with Gasteiger partial charge in [-0.3, -0.25) is 0 Å². The smallest absolute Gasteiger partial charge is 0.139 e. The third-order valence-corrected chi connectivity index (χ3v) is 5.45. The van der Waals surface area contributed by atoms with Crippen molar-refractivity contribution in [2.75, 3.05) is 34.0 Å². The third kappa shape index (κ3) is 3.19. The van der Waals surface area contributed by atoms with Crippen LogP contribution in [0.4, 0.5) is 0 Å². The lowest BCUT2D eigenvalue weighted by Crippen LogP contribution is -2.45. The lowest BCUT2D eigenvalue weighted by Gasteiger charge is -2.34. The molecule has 1 N–H and O–H groups in total. The fourth-order valence-corrected chi connectivity index (χ4v) is 3.97. The molecular weight excluding hydrogens is 346 g/mol. The number of hydrogen-bond donors (Lipinski definition) is 1. The van der Waals surface area contributed by atoms with Crippen LogP contribution in [-0.2, 0) is 9.47 Å². The normalized spacial score (nSPS) is 27.5. The van der Waals surface area contributed by atoms with Crippen molar-refractivity contribution in [3.63, 3.8) is 0 Å². The number of hydrogen-bond acceptors (Lipinski definition) is 6. The van der Waals surface area contributed by atoms with E-state index in [2.05, 4.69) is 4.90 Å². The largest absolute Gasteiger partial charge is 0.497 e. The summed E-state index contributed by atoms with van der Waals surface area (Å²) < 4.78 is 22.9. The van der Waals surface area contributed by atoms with Gasteiger partial charge in [0.2, 0.25) is 0 Å². The Morgan fingerprint density at radius 1 is 0.889 bits per heavy atom. The van der Waals surface area contributed by atoms with Gasteiger partial charge in [0.05, 0.1) is 33.0 Å². The quantitative estimate of drug-likeness (QED) is 0.843. The summed E-state index contributed by atoms with van der Waals surface area (Å²) in [6.45, 7) is 1.14. The highest BCUT2D eigenvalue weighted by molar-refractivity contribution is 5.32. The zero-order valence-corrected chi connectivity index (χ0v) is 15.6. The molecule has 4 rings (SSSR count). The Kier molecular flexibility index (Phi) is 5.06. The summed E-state index contributed by atoms with van der Waals surface area (Å²) in [6.07, 6.45) is 0.126. The minimum Gasteiger partial charge on any atom is -0.497 e. The lowest BCUT2D eigenvalue weighted by molar-refractivity contribution is -0.0623. The van der Waals surface area contributed by atoms with Crippen LogP contribution in [0.2, 0.25) is 0 Å². The minimum atomic E-state index is -0.329. The predicted octanol–water partition coefficient (Wildman–Crippen LogP) is 2.88. The molecule has 2 saturated heterocycles. The minimum absolute atomic E-state index is 0.0912. The summed E-state index contributed by atoms with van der Waals surface area (Å²) >= 11 is 0. The van der Waals surface area contributed by atoms with Gasteiger partial charge in [-0.1, -0.05) is 24.3 Å². The zero-order valence-electron chi connectivity index (χ0n) is 15.6. The zero-order chi connectivity index (χ0) is 18.9. The number of rotatable bonds is 6. The molecule has 1 unspecified atom stereocenters. The van der Waals surface area contributed by atoms with E-state index in [1.807, 2.05) is 48.5 Å². The van der Waals surface area contributed by atoms with Crippen LogP contribution in [-0.4, -0.2) is 49.6 Å². The Morgan fingerprint density at radius 2 is 1.33 bits per heavy atom. The van der Waals surface area contributed by atoms with Gasteiger partial charge in [-0.2, -0.15) is 0 Å². The Labute approximate surface area is 159 Å². The first-order valence-corrected chi connectivity index (χ1v) is 9.11. The number of aliphatic hydroxyl groups excluding tert-OH is 1. The van der Waals surface area contributed by atoms with E-state index in [1.165, 1.54) is 0 Å². The van der Waals surface area contributed by atoms with Crippen molar-refractivity contribution < 1.29 is 24.1 Å². The summed E-state index contributed by atoms with van der Waals surface area (Å²) in [7, 11) is 3.31. The van der Waals surface area contributed by atoms with Gasteiger partial charge >= 0.3 is 0 Å². The van der Waals surface area contributed by atoms with Gasteiger partial charge in [0, 0.05) is 6.61 Å². The van der Waals surface area contributed by atoms with Gasteiger partial charge in [0.25, 0.3) is 0 Å². The Morgan fingerprint density at radius 3 is 1.70 bits per heavy atom. The molecule has 0 saturated carbocycles. The topological polar surface area (TPSA) is 60.4 Å². The van der Waals surface area contributed by atoms with Crippen molar-refractivity contribution >= 4 is 0 Å². The molecule has 2 fully saturated rings. The first-order chi connectivity index (χ1) is 13.2. The van der Waals surface area contributed by atoms with E-state index in [9.17, 15) is 5.11 Å². The standard InChI is InChI=1S/C21H25NO5/c1-24-17-7-3-15(4-8-17)19-22-20(16-5-9-18(25-2)10-6-16)27-14-21(22,11-12-23)13-26-19/h3-10,19-20,23H,11-14H2,1-2H3/t19-,20+,21?. The van der Waals surface area contributed by atoms with E-state index in [1.54, 1.807) is 14.2 Å². The van der Waals surface area contributed by atoms with Gasteiger partial charge in [0.1, 0.15) is 24.0 Å². The van der Waals surface area contributed by atoms with Crippen molar-refractivity contribution in [3.05, 3.63) is 59.7 Å². The number of ether oxygens (including phenoxy) is 4. The number of methoxy groups -OCH3 is 2. The van der Waals surface area contributed by atoms with Crippen LogP contribution in [0.3, 0.4) is 0 Å². The van der Waals surface area contributed by atoms with E-state index in [4.69, 9.17) is 18.9 Å². The molecular formula is C21H25NO5. The number of aliphatic hydroxyl groups is 1. The van der Waals surface area contributed by atoms with E-state index in [-0.39, 0.29) is 24.6 Å². The first kappa shape index (κ1) is 18.3. The number of nitrogens with zero attached hydrogens (tertiary/aromatic N) is 1. The first-order valence-electron chi connectivity index (χ1n) is 9.11. The van der Waals surface area contributed by atoms with Crippen LogP contribution in [0, 0.1) is 0 Å². The van der Waals surface area contributed by atoms with Crippen LogP contribution in [0.5, 0.6) is 11.5 Å². The maximum atomic E-state index is 9.65. The summed E-state index contributed by atoms with van der Waals surface area (Å²) in [5.41, 5.74) is 1.75. The van der Waals surface area contributed by atoms with E-state index in [0.717, 1.165) is 22.6 Å². The fourth-order valence-electron chi connectivity index (χ4n) is 3.97. The second-order valence-electron chi connectivity index (χ2n) is 6.98. The van der Waals surface area contributed by atoms with Gasteiger partial charge in [-0.05, 0) is 41.8 Å². The summed E-state index contributed by atoms with van der Waals surface area (Å²) in [4.78, 5) is 2.26. The van der Waals surface area contributed by atoms with Crippen molar-refractivity contribution in [2.45, 2.75) is 24.4 Å². The molecule has 0 spiro atoms. The van der Waals surface area contributed by atoms with Gasteiger partial charge in [-0.15, -0.1) is 0 Å². The Balaban J connectivity index is 1.68. The molecule has 0 aromatic heterocycles. The molecule has 144 valence electrons. The number of benzene rings is 2. The maximum absolute atomic E-state index is 9.65.